The highest BCUT2D eigenvalue weighted by molar-refractivity contribution is 6.30. The van der Waals surface area contributed by atoms with E-state index in [-0.39, 0.29) is 5.91 Å². The second-order valence-corrected chi connectivity index (χ2v) is 7.83. The summed E-state index contributed by atoms with van der Waals surface area (Å²) in [4.78, 5) is 24.2. The number of carbonyl (C=O) groups is 1. The van der Waals surface area contributed by atoms with Crippen LogP contribution in [0.4, 0.5) is 5.69 Å². The van der Waals surface area contributed by atoms with E-state index in [0.717, 1.165) is 31.9 Å². The van der Waals surface area contributed by atoms with Crippen molar-refractivity contribution < 1.29 is 4.79 Å². The van der Waals surface area contributed by atoms with Crippen molar-refractivity contribution in [3.63, 3.8) is 0 Å². The highest BCUT2D eigenvalue weighted by Gasteiger charge is 2.26. The van der Waals surface area contributed by atoms with E-state index >= 15 is 0 Å². The molecule has 1 amide bonds. The second-order valence-electron chi connectivity index (χ2n) is 7.39. The van der Waals surface area contributed by atoms with Gasteiger partial charge in [0.1, 0.15) is 5.82 Å². The number of benzene rings is 2. The van der Waals surface area contributed by atoms with Crippen LogP contribution in [0.3, 0.4) is 0 Å². The number of rotatable bonds is 5. The van der Waals surface area contributed by atoms with Crippen molar-refractivity contribution in [2.45, 2.75) is 25.8 Å². The van der Waals surface area contributed by atoms with Gasteiger partial charge >= 0.3 is 0 Å². The van der Waals surface area contributed by atoms with Crippen LogP contribution in [0.2, 0.25) is 5.02 Å². The fraction of sp³-hybridized carbons (Fsp3) is 0.261. The molecule has 0 aliphatic carbocycles. The van der Waals surface area contributed by atoms with Gasteiger partial charge in [-0.2, -0.15) is 0 Å². The maximum Gasteiger partial charge on any atom is 0.259 e. The van der Waals surface area contributed by atoms with Crippen LogP contribution in [0.5, 0.6) is 0 Å². The third-order valence-electron chi connectivity index (χ3n) is 5.23. The number of nitrogens with zero attached hydrogens (tertiary/aromatic N) is 3. The summed E-state index contributed by atoms with van der Waals surface area (Å²) in [5.74, 6) is 0.903. The first-order valence-electron chi connectivity index (χ1n) is 9.75. The van der Waals surface area contributed by atoms with E-state index in [1.54, 1.807) is 30.5 Å². The normalized spacial score (nSPS) is 16.7. The van der Waals surface area contributed by atoms with Crippen molar-refractivity contribution >= 4 is 23.2 Å². The Morgan fingerprint density at radius 3 is 2.66 bits per heavy atom. The molecule has 1 atom stereocenters. The molecule has 29 heavy (non-hydrogen) atoms. The van der Waals surface area contributed by atoms with Gasteiger partial charge in [0.05, 0.1) is 11.3 Å². The zero-order valence-corrected chi connectivity index (χ0v) is 17.1. The third kappa shape index (κ3) is 4.81. The first kappa shape index (κ1) is 19.6. The first-order valence-corrected chi connectivity index (χ1v) is 10.1. The van der Waals surface area contributed by atoms with E-state index in [1.807, 2.05) is 13.0 Å². The zero-order chi connectivity index (χ0) is 20.2. The maximum absolute atomic E-state index is 12.6. The van der Waals surface area contributed by atoms with E-state index < -0.39 is 0 Å². The molecular formula is C23H23ClN4O. The Hall–Kier alpha value is -2.76. The number of halogens is 1. The van der Waals surface area contributed by atoms with Gasteiger partial charge in [-0.3, -0.25) is 9.69 Å². The molecule has 148 valence electrons. The summed E-state index contributed by atoms with van der Waals surface area (Å²) < 4.78 is 0. The van der Waals surface area contributed by atoms with Crippen LogP contribution in [0.15, 0.2) is 60.8 Å². The Morgan fingerprint density at radius 2 is 1.93 bits per heavy atom. The lowest BCUT2D eigenvalue weighted by Crippen LogP contribution is -2.20. The predicted molar refractivity (Wildman–Crippen MR) is 115 cm³/mol. The van der Waals surface area contributed by atoms with Crippen molar-refractivity contribution in [1.29, 1.82) is 0 Å². The molecule has 1 aliphatic rings. The molecule has 0 saturated carbocycles. The van der Waals surface area contributed by atoms with Crippen LogP contribution < -0.4 is 5.32 Å². The lowest BCUT2D eigenvalue weighted by Gasteiger charge is -2.16. The molecule has 2 aromatic carbocycles. The molecule has 2 heterocycles. The van der Waals surface area contributed by atoms with Crippen LogP contribution in [0.25, 0.3) is 0 Å². The molecule has 4 rings (SSSR count). The largest absolute Gasteiger partial charge is 0.322 e. The van der Waals surface area contributed by atoms with Crippen molar-refractivity contribution in [3.05, 3.63) is 88.5 Å². The molecule has 1 unspecified atom stereocenters. The van der Waals surface area contributed by atoms with Gasteiger partial charge < -0.3 is 5.32 Å². The molecule has 0 radical (unpaired) electrons. The number of hydrogen-bond acceptors (Lipinski definition) is 4. The summed E-state index contributed by atoms with van der Waals surface area (Å²) in [6, 6.07) is 17.5. The summed E-state index contributed by atoms with van der Waals surface area (Å²) in [5, 5.41) is 3.49. The van der Waals surface area contributed by atoms with Crippen molar-refractivity contribution in [1.82, 2.24) is 14.9 Å². The van der Waals surface area contributed by atoms with Crippen LogP contribution in [0, 0.1) is 6.92 Å². The first-order chi connectivity index (χ1) is 14.1. The summed E-state index contributed by atoms with van der Waals surface area (Å²) in [6.07, 6.45) is 2.67. The average Bonchev–Trinajstić information content (AvgIpc) is 3.19. The van der Waals surface area contributed by atoms with Gasteiger partial charge in [0.25, 0.3) is 5.91 Å². The van der Waals surface area contributed by atoms with Gasteiger partial charge in [-0.05, 0) is 49.7 Å². The van der Waals surface area contributed by atoms with E-state index in [2.05, 4.69) is 44.5 Å². The van der Waals surface area contributed by atoms with Crippen LogP contribution in [0.1, 0.15) is 39.8 Å². The fourth-order valence-electron chi connectivity index (χ4n) is 3.66. The van der Waals surface area contributed by atoms with Gasteiger partial charge in [-0.1, -0.05) is 41.9 Å². The van der Waals surface area contributed by atoms with Gasteiger partial charge in [0, 0.05) is 35.9 Å². The second kappa shape index (κ2) is 8.72. The summed E-state index contributed by atoms with van der Waals surface area (Å²) in [5.41, 5.74) is 3.19. The molecule has 5 nitrogen and oxygen atoms in total. The number of hydrogen-bond donors (Lipinski definition) is 1. The number of aromatic nitrogens is 2. The Kier molecular flexibility index (Phi) is 5.88. The predicted octanol–water partition coefficient (Wildman–Crippen LogP) is 4.68. The smallest absolute Gasteiger partial charge is 0.259 e. The minimum absolute atomic E-state index is 0.214. The number of aryl methyl sites for hydroxylation is 1. The number of anilines is 1. The Labute approximate surface area is 175 Å². The van der Waals surface area contributed by atoms with Crippen molar-refractivity contribution in [2.75, 3.05) is 18.4 Å². The van der Waals surface area contributed by atoms with E-state index in [4.69, 9.17) is 11.6 Å². The molecule has 1 saturated heterocycles. The van der Waals surface area contributed by atoms with E-state index in [1.165, 1.54) is 5.56 Å². The van der Waals surface area contributed by atoms with Gasteiger partial charge in [0.2, 0.25) is 0 Å². The topological polar surface area (TPSA) is 58.1 Å². The molecule has 1 aliphatic heterocycles. The number of carbonyl (C=O) groups excluding carboxylic acids is 1. The standard InChI is InChI=1S/C23H23ClN4O/c1-16-21(23(29)27-20-9-7-19(24)8-10-20)13-25-22(26-16)18-11-12-28(15-18)14-17-5-3-2-4-6-17/h2-10,13,18H,11-12,14-15H2,1H3,(H,27,29). The fourth-order valence-corrected chi connectivity index (χ4v) is 3.79. The molecule has 6 heteroatoms. The van der Waals surface area contributed by atoms with Crippen LogP contribution in [-0.2, 0) is 6.54 Å². The summed E-state index contributed by atoms with van der Waals surface area (Å²) in [7, 11) is 0. The van der Waals surface area contributed by atoms with Gasteiger partial charge in [-0.15, -0.1) is 0 Å². The number of nitrogens with one attached hydrogen (secondary N) is 1. The summed E-state index contributed by atoms with van der Waals surface area (Å²) >= 11 is 5.89. The molecule has 1 fully saturated rings. The molecule has 0 bridgehead atoms. The Morgan fingerprint density at radius 1 is 1.17 bits per heavy atom. The van der Waals surface area contributed by atoms with Crippen LogP contribution in [-0.4, -0.2) is 33.9 Å². The van der Waals surface area contributed by atoms with Gasteiger partial charge in [-0.25, -0.2) is 9.97 Å². The molecule has 1 N–H and O–H groups in total. The van der Waals surface area contributed by atoms with E-state index in [0.29, 0.717) is 27.9 Å². The minimum Gasteiger partial charge on any atom is -0.322 e. The highest BCUT2D eigenvalue weighted by Crippen LogP contribution is 2.26. The zero-order valence-electron chi connectivity index (χ0n) is 16.3. The highest BCUT2D eigenvalue weighted by atomic mass is 35.5. The average molecular weight is 407 g/mol. The van der Waals surface area contributed by atoms with Crippen molar-refractivity contribution in [2.24, 2.45) is 0 Å². The summed E-state index contributed by atoms with van der Waals surface area (Å²) in [6.45, 7) is 4.77. The molecule has 3 aromatic rings. The minimum atomic E-state index is -0.214. The molecule has 0 spiro atoms. The Bertz CT molecular complexity index is 992. The van der Waals surface area contributed by atoms with E-state index in [9.17, 15) is 4.79 Å². The van der Waals surface area contributed by atoms with Crippen LogP contribution >= 0.6 is 11.6 Å². The maximum atomic E-state index is 12.6. The monoisotopic (exact) mass is 406 g/mol. The quantitative estimate of drug-likeness (QED) is 0.668. The number of likely N-dealkylation sites (tertiary alicyclic amines) is 1. The molecule has 1 aromatic heterocycles. The molecular weight excluding hydrogens is 384 g/mol. The van der Waals surface area contributed by atoms with Gasteiger partial charge in [0.15, 0.2) is 0 Å². The third-order valence-corrected chi connectivity index (χ3v) is 5.48. The number of amides is 1. The lowest BCUT2D eigenvalue weighted by molar-refractivity contribution is 0.102. The Balaban J connectivity index is 1.40. The SMILES string of the molecule is Cc1nc(C2CCN(Cc3ccccc3)C2)ncc1C(=O)Nc1ccc(Cl)cc1. The van der Waals surface area contributed by atoms with Crippen molar-refractivity contribution in [3.8, 4) is 0 Å². The lowest BCUT2D eigenvalue weighted by atomic mass is 10.1.